The normalized spacial score (nSPS) is 10.6. The molecule has 0 aliphatic carbocycles. The number of thiazole rings is 1. The van der Waals surface area contributed by atoms with Gasteiger partial charge in [0.1, 0.15) is 10.6 Å². The van der Waals surface area contributed by atoms with Crippen molar-refractivity contribution in [1.82, 2.24) is 9.55 Å². The number of aromatic carboxylic acids is 1. The van der Waals surface area contributed by atoms with Gasteiger partial charge in [-0.25, -0.2) is 9.78 Å². The van der Waals surface area contributed by atoms with E-state index in [9.17, 15) is 9.59 Å². The summed E-state index contributed by atoms with van der Waals surface area (Å²) < 4.78 is 1.61. The lowest BCUT2D eigenvalue weighted by Gasteiger charge is -2.03. The maximum atomic E-state index is 12.1. The number of benzene rings is 1. The molecular weight excluding hydrogens is 338 g/mol. The topological polar surface area (TPSA) is 84.2 Å². The number of nitrogens with zero attached hydrogens (tertiary/aromatic N) is 2. The number of carbonyl (C=O) groups excluding carboxylic acids is 1. The summed E-state index contributed by atoms with van der Waals surface area (Å²) in [6.45, 7) is 0. The van der Waals surface area contributed by atoms with E-state index < -0.39 is 5.97 Å². The quantitative estimate of drug-likeness (QED) is 0.710. The van der Waals surface area contributed by atoms with Crippen LogP contribution in [0.2, 0.25) is 0 Å². The second-order valence-electron chi connectivity index (χ2n) is 5.60. The summed E-state index contributed by atoms with van der Waals surface area (Å²) >= 11 is 1.56. The van der Waals surface area contributed by atoms with Crippen molar-refractivity contribution in [3.63, 3.8) is 0 Å². The third-order valence-electron chi connectivity index (χ3n) is 3.63. The minimum Gasteiger partial charge on any atom is -0.478 e. The SMILES string of the molecule is Cn1cc(NC(=O)CCc2cnc(-c3ccccc3)s2)c(C(=O)O)c1. The number of rotatable bonds is 6. The first-order valence-corrected chi connectivity index (χ1v) is 8.54. The van der Waals surface area contributed by atoms with Crippen LogP contribution >= 0.6 is 11.3 Å². The number of hydrogen-bond acceptors (Lipinski definition) is 4. The van der Waals surface area contributed by atoms with Crippen LogP contribution in [0.25, 0.3) is 10.6 Å². The summed E-state index contributed by atoms with van der Waals surface area (Å²) in [5.74, 6) is -1.28. The molecule has 7 heteroatoms. The van der Waals surface area contributed by atoms with Gasteiger partial charge in [-0.05, 0) is 6.42 Å². The Labute approximate surface area is 148 Å². The molecular formula is C18H17N3O3S. The summed E-state index contributed by atoms with van der Waals surface area (Å²) in [5, 5.41) is 12.7. The second-order valence-corrected chi connectivity index (χ2v) is 6.72. The highest BCUT2D eigenvalue weighted by molar-refractivity contribution is 7.15. The fraction of sp³-hybridized carbons (Fsp3) is 0.167. The maximum Gasteiger partial charge on any atom is 0.339 e. The molecule has 0 radical (unpaired) electrons. The van der Waals surface area contributed by atoms with Gasteiger partial charge in [0, 0.05) is 42.5 Å². The number of carboxylic acid groups (broad SMARTS) is 1. The zero-order valence-corrected chi connectivity index (χ0v) is 14.4. The molecule has 0 bridgehead atoms. The fourth-order valence-electron chi connectivity index (χ4n) is 2.44. The number of hydrogen-bond donors (Lipinski definition) is 2. The Balaban J connectivity index is 1.60. The summed E-state index contributed by atoms with van der Waals surface area (Å²) in [6, 6.07) is 9.88. The zero-order valence-electron chi connectivity index (χ0n) is 13.6. The van der Waals surface area contributed by atoms with Gasteiger partial charge in [0.05, 0.1) is 5.69 Å². The first-order chi connectivity index (χ1) is 12.0. The molecule has 2 aromatic heterocycles. The van der Waals surface area contributed by atoms with Crippen molar-refractivity contribution in [2.45, 2.75) is 12.8 Å². The van der Waals surface area contributed by atoms with E-state index in [-0.39, 0.29) is 17.9 Å². The van der Waals surface area contributed by atoms with Crippen molar-refractivity contribution in [2.75, 3.05) is 5.32 Å². The predicted octanol–water partition coefficient (Wildman–Crippen LogP) is 3.42. The molecule has 2 N–H and O–H groups in total. The highest BCUT2D eigenvalue weighted by Crippen LogP contribution is 2.25. The van der Waals surface area contributed by atoms with E-state index >= 15 is 0 Å². The number of aromatic nitrogens is 2. The van der Waals surface area contributed by atoms with Crippen LogP contribution in [0.3, 0.4) is 0 Å². The van der Waals surface area contributed by atoms with Crippen LogP contribution in [0.15, 0.2) is 48.9 Å². The maximum absolute atomic E-state index is 12.1. The molecule has 0 saturated carbocycles. The summed E-state index contributed by atoms with van der Waals surface area (Å²) in [6.07, 6.45) is 5.66. The van der Waals surface area contributed by atoms with E-state index in [1.165, 1.54) is 6.20 Å². The number of amides is 1. The highest BCUT2D eigenvalue weighted by Gasteiger charge is 2.15. The first-order valence-electron chi connectivity index (χ1n) is 7.72. The van der Waals surface area contributed by atoms with E-state index in [4.69, 9.17) is 5.11 Å². The lowest BCUT2D eigenvalue weighted by molar-refractivity contribution is -0.116. The van der Waals surface area contributed by atoms with Gasteiger partial charge in [0.15, 0.2) is 0 Å². The molecule has 0 unspecified atom stereocenters. The molecule has 25 heavy (non-hydrogen) atoms. The number of carboxylic acids is 1. The van der Waals surface area contributed by atoms with Crippen LogP contribution in [0, 0.1) is 0 Å². The standard InChI is InChI=1S/C18H17N3O3S/c1-21-10-14(18(23)24)15(11-21)20-16(22)8-7-13-9-19-17(25-13)12-5-3-2-4-6-12/h2-6,9-11H,7-8H2,1H3,(H,20,22)(H,23,24). The van der Waals surface area contributed by atoms with Gasteiger partial charge >= 0.3 is 5.97 Å². The average molecular weight is 355 g/mol. The van der Waals surface area contributed by atoms with Gasteiger partial charge in [0.25, 0.3) is 0 Å². The minimum absolute atomic E-state index is 0.0833. The van der Waals surface area contributed by atoms with Crippen LogP contribution in [0.1, 0.15) is 21.7 Å². The van der Waals surface area contributed by atoms with Crippen LogP contribution in [-0.2, 0) is 18.3 Å². The minimum atomic E-state index is -1.06. The van der Waals surface area contributed by atoms with Crippen LogP contribution in [-0.4, -0.2) is 26.5 Å². The molecule has 3 aromatic rings. The Morgan fingerprint density at radius 1 is 1.24 bits per heavy atom. The molecule has 6 nitrogen and oxygen atoms in total. The number of carbonyl (C=O) groups is 2. The second kappa shape index (κ2) is 7.31. The molecule has 1 aromatic carbocycles. The summed E-state index contributed by atoms with van der Waals surface area (Å²) in [5.41, 5.74) is 1.45. The van der Waals surface area contributed by atoms with Crippen molar-refractivity contribution in [3.8, 4) is 10.6 Å². The van der Waals surface area contributed by atoms with E-state index in [0.717, 1.165) is 15.4 Å². The molecule has 0 saturated heterocycles. The Morgan fingerprint density at radius 2 is 2.00 bits per heavy atom. The third-order valence-corrected chi connectivity index (χ3v) is 4.74. The van der Waals surface area contributed by atoms with Crippen LogP contribution in [0.4, 0.5) is 5.69 Å². The lowest BCUT2D eigenvalue weighted by atomic mass is 10.2. The molecule has 3 rings (SSSR count). The Morgan fingerprint density at radius 3 is 2.72 bits per heavy atom. The highest BCUT2D eigenvalue weighted by atomic mass is 32.1. The number of nitrogens with one attached hydrogen (secondary N) is 1. The molecule has 0 aliphatic heterocycles. The zero-order chi connectivity index (χ0) is 17.8. The summed E-state index contributed by atoms with van der Waals surface area (Å²) in [7, 11) is 1.71. The van der Waals surface area contributed by atoms with Gasteiger partial charge in [-0.1, -0.05) is 30.3 Å². The average Bonchev–Trinajstić information content (AvgIpc) is 3.20. The summed E-state index contributed by atoms with van der Waals surface area (Å²) in [4.78, 5) is 28.7. The van der Waals surface area contributed by atoms with Crippen LogP contribution < -0.4 is 5.32 Å². The van der Waals surface area contributed by atoms with Gasteiger partial charge in [-0.15, -0.1) is 11.3 Å². The van der Waals surface area contributed by atoms with Crippen molar-refractivity contribution >= 4 is 28.9 Å². The predicted molar refractivity (Wildman–Crippen MR) is 96.9 cm³/mol. The monoisotopic (exact) mass is 355 g/mol. The smallest absolute Gasteiger partial charge is 0.339 e. The Hall–Kier alpha value is -2.93. The van der Waals surface area contributed by atoms with E-state index in [0.29, 0.717) is 12.1 Å². The van der Waals surface area contributed by atoms with E-state index in [1.54, 1.807) is 35.3 Å². The van der Waals surface area contributed by atoms with Crippen molar-refractivity contribution in [1.29, 1.82) is 0 Å². The van der Waals surface area contributed by atoms with Crippen molar-refractivity contribution in [2.24, 2.45) is 7.05 Å². The fourth-order valence-corrected chi connectivity index (χ4v) is 3.36. The van der Waals surface area contributed by atoms with Gasteiger partial charge in [-0.3, -0.25) is 4.79 Å². The first kappa shape index (κ1) is 16.9. The Kier molecular flexibility index (Phi) is 4.95. The van der Waals surface area contributed by atoms with Crippen LogP contribution in [0.5, 0.6) is 0 Å². The molecule has 2 heterocycles. The molecule has 0 fully saturated rings. The van der Waals surface area contributed by atoms with E-state index in [2.05, 4.69) is 10.3 Å². The number of aryl methyl sites for hydroxylation is 2. The van der Waals surface area contributed by atoms with E-state index in [1.807, 2.05) is 30.3 Å². The van der Waals surface area contributed by atoms with Crippen molar-refractivity contribution in [3.05, 3.63) is 59.4 Å². The lowest BCUT2D eigenvalue weighted by Crippen LogP contribution is -2.13. The largest absolute Gasteiger partial charge is 0.478 e. The third kappa shape index (κ3) is 4.13. The Bertz CT molecular complexity index is 899. The molecule has 0 atom stereocenters. The van der Waals surface area contributed by atoms with Gasteiger partial charge in [-0.2, -0.15) is 0 Å². The molecule has 0 aliphatic rings. The van der Waals surface area contributed by atoms with Gasteiger partial charge in [0.2, 0.25) is 5.91 Å². The molecule has 128 valence electrons. The number of anilines is 1. The molecule has 0 spiro atoms. The van der Waals surface area contributed by atoms with Crippen molar-refractivity contribution < 1.29 is 14.7 Å². The van der Waals surface area contributed by atoms with Gasteiger partial charge < -0.3 is 15.0 Å². The molecule has 1 amide bonds.